The molecule has 0 fully saturated rings. The first kappa shape index (κ1) is 15.1. The number of benzene rings is 1. The fourth-order valence-electron chi connectivity index (χ4n) is 2.69. The standard InChI is InChI=1S/C16H20N4OS/c1-12(2)20-11-17-18-16(20)22-10-15(21)19-9-5-7-13-6-3-4-8-14(13)19/h3-4,6,8,11-12H,5,7,9-10H2,1-2H3. The summed E-state index contributed by atoms with van der Waals surface area (Å²) in [5, 5.41) is 8.84. The average Bonchev–Trinajstić information content (AvgIpc) is 3.01. The molecule has 0 spiro atoms. The van der Waals surface area contributed by atoms with E-state index in [1.54, 1.807) is 6.33 Å². The maximum atomic E-state index is 12.6. The summed E-state index contributed by atoms with van der Waals surface area (Å²) in [5.74, 6) is 0.523. The third-order valence-corrected chi connectivity index (χ3v) is 4.77. The Balaban J connectivity index is 1.69. The molecule has 2 heterocycles. The van der Waals surface area contributed by atoms with Gasteiger partial charge in [-0.1, -0.05) is 30.0 Å². The van der Waals surface area contributed by atoms with Gasteiger partial charge in [0.1, 0.15) is 6.33 Å². The smallest absolute Gasteiger partial charge is 0.237 e. The van der Waals surface area contributed by atoms with Crippen LogP contribution in [0.1, 0.15) is 31.9 Å². The molecule has 22 heavy (non-hydrogen) atoms. The Hall–Kier alpha value is -1.82. The van der Waals surface area contributed by atoms with Gasteiger partial charge in [-0.05, 0) is 38.3 Å². The summed E-state index contributed by atoms with van der Waals surface area (Å²) in [7, 11) is 0. The lowest BCUT2D eigenvalue weighted by molar-refractivity contribution is -0.116. The van der Waals surface area contributed by atoms with Crippen molar-refractivity contribution >= 4 is 23.4 Å². The van der Waals surface area contributed by atoms with Crippen molar-refractivity contribution in [3.63, 3.8) is 0 Å². The summed E-state index contributed by atoms with van der Waals surface area (Å²) in [6, 6.07) is 8.47. The minimum atomic E-state index is 0.135. The molecule has 2 aromatic rings. The number of anilines is 1. The lowest BCUT2D eigenvalue weighted by atomic mass is 10.0. The third-order valence-electron chi connectivity index (χ3n) is 3.83. The van der Waals surface area contributed by atoms with Crippen molar-refractivity contribution < 1.29 is 4.79 Å². The highest BCUT2D eigenvalue weighted by molar-refractivity contribution is 7.99. The maximum Gasteiger partial charge on any atom is 0.237 e. The number of thioether (sulfide) groups is 1. The molecule has 0 radical (unpaired) electrons. The highest BCUT2D eigenvalue weighted by atomic mass is 32.2. The molecule has 3 rings (SSSR count). The summed E-state index contributed by atoms with van der Waals surface area (Å²) < 4.78 is 1.99. The molecular formula is C16H20N4OS. The van der Waals surface area contributed by atoms with Crippen molar-refractivity contribution in [2.45, 2.75) is 37.9 Å². The van der Waals surface area contributed by atoms with Crippen LogP contribution in [0, 0.1) is 0 Å². The van der Waals surface area contributed by atoms with E-state index in [2.05, 4.69) is 30.1 Å². The number of rotatable bonds is 4. The molecule has 116 valence electrons. The van der Waals surface area contributed by atoms with Gasteiger partial charge in [0.25, 0.3) is 0 Å². The normalized spacial score (nSPS) is 14.2. The van der Waals surface area contributed by atoms with Crippen molar-refractivity contribution in [1.29, 1.82) is 0 Å². The van der Waals surface area contributed by atoms with Gasteiger partial charge in [0.15, 0.2) is 5.16 Å². The number of fused-ring (bicyclic) bond motifs is 1. The number of para-hydroxylation sites is 1. The predicted octanol–water partition coefficient (Wildman–Crippen LogP) is 2.93. The number of hydrogen-bond acceptors (Lipinski definition) is 4. The maximum absolute atomic E-state index is 12.6. The lowest BCUT2D eigenvalue weighted by Crippen LogP contribution is -2.36. The Bertz CT molecular complexity index is 668. The van der Waals surface area contributed by atoms with E-state index >= 15 is 0 Å². The van der Waals surface area contributed by atoms with Crippen LogP contribution in [0.2, 0.25) is 0 Å². The molecule has 1 aliphatic heterocycles. The zero-order valence-electron chi connectivity index (χ0n) is 12.9. The van der Waals surface area contributed by atoms with Crippen LogP contribution in [-0.4, -0.2) is 33.0 Å². The highest BCUT2D eigenvalue weighted by Gasteiger charge is 2.22. The molecule has 0 N–H and O–H groups in total. The first-order valence-electron chi connectivity index (χ1n) is 7.57. The Morgan fingerprint density at radius 1 is 1.36 bits per heavy atom. The van der Waals surface area contributed by atoms with E-state index in [9.17, 15) is 4.79 Å². The topological polar surface area (TPSA) is 51.0 Å². The molecule has 0 saturated carbocycles. The predicted molar refractivity (Wildman–Crippen MR) is 88.2 cm³/mol. The molecule has 1 aromatic carbocycles. The number of carbonyl (C=O) groups is 1. The van der Waals surface area contributed by atoms with E-state index < -0.39 is 0 Å². The van der Waals surface area contributed by atoms with Gasteiger partial charge >= 0.3 is 0 Å². The van der Waals surface area contributed by atoms with E-state index in [1.165, 1.54) is 17.3 Å². The second-order valence-corrected chi connectivity index (χ2v) is 6.62. The van der Waals surface area contributed by atoms with Crippen molar-refractivity contribution in [2.75, 3.05) is 17.2 Å². The van der Waals surface area contributed by atoms with Gasteiger partial charge in [0.05, 0.1) is 5.75 Å². The molecule has 0 aliphatic carbocycles. The van der Waals surface area contributed by atoms with Crippen molar-refractivity contribution in [2.24, 2.45) is 0 Å². The van der Waals surface area contributed by atoms with Gasteiger partial charge in [0, 0.05) is 18.3 Å². The SMILES string of the molecule is CC(C)n1cnnc1SCC(=O)N1CCCc2ccccc21. The number of aryl methyl sites for hydroxylation is 1. The van der Waals surface area contributed by atoms with E-state index in [0.717, 1.165) is 30.2 Å². The second-order valence-electron chi connectivity index (χ2n) is 5.68. The first-order valence-corrected chi connectivity index (χ1v) is 8.56. The zero-order chi connectivity index (χ0) is 15.5. The molecule has 0 saturated heterocycles. The second kappa shape index (κ2) is 6.52. The van der Waals surface area contributed by atoms with Crippen LogP contribution in [0.15, 0.2) is 35.7 Å². The Morgan fingerprint density at radius 2 is 2.18 bits per heavy atom. The number of nitrogens with zero attached hydrogens (tertiary/aromatic N) is 4. The van der Waals surface area contributed by atoms with E-state index in [4.69, 9.17) is 0 Å². The van der Waals surface area contributed by atoms with Crippen molar-refractivity contribution in [1.82, 2.24) is 14.8 Å². The quantitative estimate of drug-likeness (QED) is 0.814. The van der Waals surface area contributed by atoms with Gasteiger partial charge in [-0.25, -0.2) is 0 Å². The molecule has 1 aromatic heterocycles. The van der Waals surface area contributed by atoms with Gasteiger partial charge in [0.2, 0.25) is 5.91 Å². The largest absolute Gasteiger partial charge is 0.311 e. The monoisotopic (exact) mass is 316 g/mol. The minimum absolute atomic E-state index is 0.135. The van der Waals surface area contributed by atoms with Crippen LogP contribution in [0.5, 0.6) is 0 Å². The van der Waals surface area contributed by atoms with Gasteiger partial charge < -0.3 is 9.47 Å². The molecular weight excluding hydrogens is 296 g/mol. The van der Waals surface area contributed by atoms with E-state index in [-0.39, 0.29) is 5.91 Å². The van der Waals surface area contributed by atoms with E-state index in [1.807, 2.05) is 27.7 Å². The third kappa shape index (κ3) is 3.02. The summed E-state index contributed by atoms with van der Waals surface area (Å²) in [6.45, 7) is 4.96. The van der Waals surface area contributed by atoms with Crippen LogP contribution in [0.4, 0.5) is 5.69 Å². The molecule has 6 heteroatoms. The summed E-state index contributed by atoms with van der Waals surface area (Å²) in [6.07, 6.45) is 3.79. The Kier molecular flexibility index (Phi) is 4.47. The first-order chi connectivity index (χ1) is 10.7. The van der Waals surface area contributed by atoms with Gasteiger partial charge in [-0.3, -0.25) is 4.79 Å². The zero-order valence-corrected chi connectivity index (χ0v) is 13.7. The molecule has 1 aliphatic rings. The summed E-state index contributed by atoms with van der Waals surface area (Å²) in [4.78, 5) is 14.5. The van der Waals surface area contributed by atoms with Crippen LogP contribution < -0.4 is 4.90 Å². The number of carbonyl (C=O) groups excluding carboxylic acids is 1. The van der Waals surface area contributed by atoms with Gasteiger partial charge in [-0.15, -0.1) is 10.2 Å². The molecule has 5 nitrogen and oxygen atoms in total. The van der Waals surface area contributed by atoms with Crippen molar-refractivity contribution in [3.05, 3.63) is 36.2 Å². The molecule has 0 bridgehead atoms. The van der Waals surface area contributed by atoms with E-state index in [0.29, 0.717) is 11.8 Å². The summed E-state index contributed by atoms with van der Waals surface area (Å²) in [5.41, 5.74) is 2.32. The number of amides is 1. The number of hydrogen-bond donors (Lipinski definition) is 0. The molecule has 1 amide bonds. The highest BCUT2D eigenvalue weighted by Crippen LogP contribution is 2.28. The molecule has 0 atom stereocenters. The Labute approximate surface area is 134 Å². The van der Waals surface area contributed by atoms with Crippen LogP contribution >= 0.6 is 11.8 Å². The average molecular weight is 316 g/mol. The number of aromatic nitrogens is 3. The Morgan fingerprint density at radius 3 is 3.00 bits per heavy atom. The minimum Gasteiger partial charge on any atom is -0.311 e. The van der Waals surface area contributed by atoms with Crippen molar-refractivity contribution in [3.8, 4) is 0 Å². The summed E-state index contributed by atoms with van der Waals surface area (Å²) >= 11 is 1.46. The lowest BCUT2D eigenvalue weighted by Gasteiger charge is -2.29. The van der Waals surface area contributed by atoms with Gasteiger partial charge in [-0.2, -0.15) is 0 Å². The fraction of sp³-hybridized carbons (Fsp3) is 0.438. The molecule has 0 unspecified atom stereocenters. The van der Waals surface area contributed by atoms with Crippen LogP contribution in [0.25, 0.3) is 0 Å². The van der Waals surface area contributed by atoms with Crippen LogP contribution in [-0.2, 0) is 11.2 Å². The fourth-order valence-corrected chi connectivity index (χ4v) is 3.61. The van der Waals surface area contributed by atoms with Crippen LogP contribution in [0.3, 0.4) is 0 Å².